The molecule has 18 heavy (non-hydrogen) atoms. The Kier molecular flexibility index (Phi) is 3.81. The Labute approximate surface area is 106 Å². The van der Waals surface area contributed by atoms with Crippen molar-refractivity contribution in [3.63, 3.8) is 0 Å². The summed E-state index contributed by atoms with van der Waals surface area (Å²) < 4.78 is 5.08. The minimum absolute atomic E-state index is 0.284. The number of methoxy groups -OCH3 is 1. The molecular weight excluding hydrogens is 232 g/mol. The van der Waals surface area contributed by atoms with Crippen molar-refractivity contribution in [2.24, 2.45) is 5.41 Å². The van der Waals surface area contributed by atoms with Crippen LogP contribution in [0.5, 0.6) is 0 Å². The molecule has 0 spiro atoms. The summed E-state index contributed by atoms with van der Waals surface area (Å²) in [5, 5.41) is 9.37. The summed E-state index contributed by atoms with van der Waals surface area (Å²) in [6.45, 7) is 1.76. The molecule has 2 rings (SSSR count). The molecule has 0 radical (unpaired) electrons. The molecule has 0 amide bonds. The highest BCUT2D eigenvalue weighted by Gasteiger charge is 2.41. The van der Waals surface area contributed by atoms with E-state index in [1.165, 1.54) is 0 Å². The molecule has 5 heteroatoms. The lowest BCUT2D eigenvalue weighted by atomic mass is 9.79. The van der Waals surface area contributed by atoms with Crippen molar-refractivity contribution in [2.75, 3.05) is 31.7 Å². The molecule has 0 atom stereocenters. The average Bonchev–Trinajstić information content (AvgIpc) is 2.41. The van der Waals surface area contributed by atoms with Gasteiger partial charge in [0.25, 0.3) is 0 Å². The quantitative estimate of drug-likeness (QED) is 0.875. The van der Waals surface area contributed by atoms with Gasteiger partial charge in [-0.3, -0.25) is 9.78 Å². The van der Waals surface area contributed by atoms with E-state index in [0.717, 1.165) is 18.8 Å². The van der Waals surface area contributed by atoms with Crippen LogP contribution in [-0.4, -0.2) is 42.9 Å². The van der Waals surface area contributed by atoms with Gasteiger partial charge in [-0.05, 0) is 25.0 Å². The zero-order valence-corrected chi connectivity index (χ0v) is 10.5. The molecule has 1 aliphatic heterocycles. The van der Waals surface area contributed by atoms with Crippen LogP contribution in [0.1, 0.15) is 12.8 Å². The van der Waals surface area contributed by atoms with Crippen molar-refractivity contribution in [2.45, 2.75) is 12.8 Å². The van der Waals surface area contributed by atoms with E-state index in [2.05, 4.69) is 9.88 Å². The Hall–Kier alpha value is -1.62. The minimum atomic E-state index is -0.751. The van der Waals surface area contributed by atoms with Crippen molar-refractivity contribution in [1.82, 2.24) is 4.98 Å². The third-order valence-electron chi connectivity index (χ3n) is 3.62. The number of aromatic nitrogens is 1. The van der Waals surface area contributed by atoms with Crippen LogP contribution in [0.15, 0.2) is 24.5 Å². The van der Waals surface area contributed by atoms with Gasteiger partial charge in [0.2, 0.25) is 0 Å². The number of hydrogen-bond acceptors (Lipinski definition) is 4. The molecule has 0 aliphatic carbocycles. The maximum absolute atomic E-state index is 11.4. The van der Waals surface area contributed by atoms with Crippen LogP contribution >= 0.6 is 0 Å². The predicted molar refractivity (Wildman–Crippen MR) is 67.6 cm³/mol. The Balaban J connectivity index is 2.05. The number of carbonyl (C=O) groups is 1. The molecular formula is C13H18N2O3. The van der Waals surface area contributed by atoms with Gasteiger partial charge in [-0.2, -0.15) is 0 Å². The molecule has 1 saturated heterocycles. The zero-order chi connectivity index (χ0) is 13.0. The fourth-order valence-corrected chi connectivity index (χ4v) is 2.44. The predicted octanol–water partition coefficient (Wildman–Crippen LogP) is 1.40. The lowest BCUT2D eigenvalue weighted by Crippen LogP contribution is -2.47. The number of carboxylic acids is 1. The van der Waals surface area contributed by atoms with Gasteiger partial charge in [0.15, 0.2) is 0 Å². The lowest BCUT2D eigenvalue weighted by Gasteiger charge is -2.39. The van der Waals surface area contributed by atoms with Crippen LogP contribution in [0.4, 0.5) is 5.69 Å². The lowest BCUT2D eigenvalue weighted by molar-refractivity contribution is -0.154. The second-order valence-corrected chi connectivity index (χ2v) is 4.71. The fraction of sp³-hybridized carbons (Fsp3) is 0.538. The molecule has 0 unspecified atom stereocenters. The highest BCUT2D eigenvalue weighted by atomic mass is 16.5. The van der Waals surface area contributed by atoms with Gasteiger partial charge in [-0.15, -0.1) is 0 Å². The third-order valence-corrected chi connectivity index (χ3v) is 3.62. The summed E-state index contributed by atoms with van der Waals surface area (Å²) in [4.78, 5) is 17.6. The van der Waals surface area contributed by atoms with Gasteiger partial charge in [-0.25, -0.2) is 0 Å². The first kappa shape index (κ1) is 12.8. The van der Waals surface area contributed by atoms with Crippen molar-refractivity contribution in [3.05, 3.63) is 24.5 Å². The monoisotopic (exact) mass is 250 g/mol. The highest BCUT2D eigenvalue weighted by Crippen LogP contribution is 2.33. The van der Waals surface area contributed by atoms with E-state index in [-0.39, 0.29) is 6.61 Å². The molecule has 1 aliphatic rings. The molecule has 5 nitrogen and oxygen atoms in total. The Morgan fingerprint density at radius 2 is 2.06 bits per heavy atom. The minimum Gasteiger partial charge on any atom is -0.481 e. The van der Waals surface area contributed by atoms with Crippen molar-refractivity contribution in [1.29, 1.82) is 0 Å². The first-order valence-corrected chi connectivity index (χ1v) is 6.05. The van der Waals surface area contributed by atoms with Gasteiger partial charge in [-0.1, -0.05) is 0 Å². The molecule has 98 valence electrons. The van der Waals surface area contributed by atoms with Crippen LogP contribution < -0.4 is 4.90 Å². The average molecular weight is 250 g/mol. The largest absolute Gasteiger partial charge is 0.481 e. The summed E-state index contributed by atoms with van der Waals surface area (Å²) in [7, 11) is 1.56. The van der Waals surface area contributed by atoms with Crippen LogP contribution in [0.2, 0.25) is 0 Å². The molecule has 1 N–H and O–H groups in total. The summed E-state index contributed by atoms with van der Waals surface area (Å²) in [5.41, 5.74) is 0.375. The van der Waals surface area contributed by atoms with E-state index < -0.39 is 11.4 Å². The van der Waals surface area contributed by atoms with E-state index >= 15 is 0 Å². The third kappa shape index (κ3) is 2.46. The van der Waals surface area contributed by atoms with Gasteiger partial charge >= 0.3 is 5.97 Å². The summed E-state index contributed by atoms with van der Waals surface area (Å²) in [6.07, 6.45) is 4.73. The van der Waals surface area contributed by atoms with Gasteiger partial charge < -0.3 is 14.7 Å². The Morgan fingerprint density at radius 1 is 1.44 bits per heavy atom. The van der Waals surface area contributed by atoms with Gasteiger partial charge in [0.05, 0.1) is 12.0 Å². The SMILES string of the molecule is COCC1(C(=O)O)CCN(c2ccncc2)CC1. The molecule has 0 saturated carbocycles. The fourth-order valence-electron chi connectivity index (χ4n) is 2.44. The Morgan fingerprint density at radius 3 is 2.56 bits per heavy atom. The number of hydrogen-bond donors (Lipinski definition) is 1. The highest BCUT2D eigenvalue weighted by molar-refractivity contribution is 5.75. The number of rotatable bonds is 4. The standard InChI is InChI=1S/C13H18N2O3/c1-18-10-13(12(16)17)4-8-15(9-5-13)11-2-6-14-7-3-11/h2-3,6-7H,4-5,8-10H2,1H3,(H,16,17). The maximum Gasteiger partial charge on any atom is 0.312 e. The molecule has 1 aromatic rings. The second-order valence-electron chi connectivity index (χ2n) is 4.71. The number of nitrogens with zero attached hydrogens (tertiary/aromatic N) is 2. The maximum atomic E-state index is 11.4. The van der Waals surface area contributed by atoms with Gasteiger partial charge in [0.1, 0.15) is 0 Å². The molecule has 1 aromatic heterocycles. The topological polar surface area (TPSA) is 62.7 Å². The van der Waals surface area contributed by atoms with Crippen LogP contribution in [-0.2, 0) is 9.53 Å². The van der Waals surface area contributed by atoms with Crippen molar-refractivity contribution >= 4 is 11.7 Å². The normalized spacial score (nSPS) is 18.6. The number of aliphatic carboxylic acids is 1. The van der Waals surface area contributed by atoms with Crippen molar-refractivity contribution < 1.29 is 14.6 Å². The van der Waals surface area contributed by atoms with Crippen LogP contribution in [0.3, 0.4) is 0 Å². The van der Waals surface area contributed by atoms with Crippen molar-refractivity contribution in [3.8, 4) is 0 Å². The molecule has 0 bridgehead atoms. The molecule has 2 heterocycles. The van der Waals surface area contributed by atoms with Crippen LogP contribution in [0, 0.1) is 5.41 Å². The summed E-state index contributed by atoms with van der Waals surface area (Å²) in [6, 6.07) is 3.90. The first-order chi connectivity index (χ1) is 8.68. The number of piperidine rings is 1. The number of pyridine rings is 1. The number of anilines is 1. The zero-order valence-electron chi connectivity index (χ0n) is 10.5. The van der Waals surface area contributed by atoms with Crippen LogP contribution in [0.25, 0.3) is 0 Å². The smallest absolute Gasteiger partial charge is 0.312 e. The van der Waals surface area contributed by atoms with E-state index in [4.69, 9.17) is 4.74 Å². The molecule has 0 aromatic carbocycles. The number of ether oxygens (including phenoxy) is 1. The van der Waals surface area contributed by atoms with E-state index in [1.807, 2.05) is 12.1 Å². The van der Waals surface area contributed by atoms with E-state index in [0.29, 0.717) is 12.8 Å². The first-order valence-electron chi connectivity index (χ1n) is 6.05. The number of carboxylic acid groups (broad SMARTS) is 1. The van der Waals surface area contributed by atoms with Gasteiger partial charge in [0, 0.05) is 38.3 Å². The molecule has 1 fully saturated rings. The van der Waals surface area contributed by atoms with E-state index in [9.17, 15) is 9.90 Å². The van der Waals surface area contributed by atoms with E-state index in [1.54, 1.807) is 19.5 Å². The second kappa shape index (κ2) is 5.35. The summed E-state index contributed by atoms with van der Waals surface area (Å²) >= 11 is 0. The summed E-state index contributed by atoms with van der Waals surface area (Å²) in [5.74, 6) is -0.751. The Bertz CT molecular complexity index is 400.